The number of hydrogen-bond acceptors (Lipinski definition) is 4. The molecule has 0 aliphatic carbocycles. The fourth-order valence-corrected chi connectivity index (χ4v) is 2.28. The highest BCUT2D eigenvalue weighted by Crippen LogP contribution is 2.29. The number of fused-ring (bicyclic) bond motifs is 1. The van der Waals surface area contributed by atoms with Crippen molar-refractivity contribution >= 4 is 10.1 Å². The fourth-order valence-electron chi connectivity index (χ4n) is 1.75. The van der Waals surface area contributed by atoms with Gasteiger partial charge in [-0.2, -0.15) is 8.42 Å². The van der Waals surface area contributed by atoms with Gasteiger partial charge in [0.15, 0.2) is 0 Å². The molecule has 2 rings (SSSR count). The van der Waals surface area contributed by atoms with Crippen LogP contribution >= 0.6 is 0 Å². The Bertz CT molecular complexity index is 498. The molecule has 1 aliphatic rings. The highest BCUT2D eigenvalue weighted by molar-refractivity contribution is 7.85. The Morgan fingerprint density at radius 1 is 1.50 bits per heavy atom. The van der Waals surface area contributed by atoms with Gasteiger partial charge in [0.25, 0.3) is 10.1 Å². The normalized spacial score (nSPS) is 20.0. The first-order chi connectivity index (χ1) is 7.50. The Balaban J connectivity index is 2.35. The predicted octanol–water partition coefficient (Wildman–Crippen LogP) is 0.586. The van der Waals surface area contributed by atoms with Gasteiger partial charge in [-0.15, -0.1) is 0 Å². The molecule has 0 amide bonds. The molecule has 88 valence electrons. The van der Waals surface area contributed by atoms with Gasteiger partial charge in [-0.05, 0) is 36.6 Å². The monoisotopic (exact) mass is 243 g/mol. The van der Waals surface area contributed by atoms with E-state index in [2.05, 4.69) is 0 Å². The first-order valence-corrected chi connectivity index (χ1v) is 6.42. The Labute approximate surface area is 94.0 Å². The zero-order valence-corrected chi connectivity index (χ0v) is 9.40. The maximum absolute atomic E-state index is 10.9. The average molecular weight is 243 g/mol. The molecule has 5 nitrogen and oxygen atoms in total. The van der Waals surface area contributed by atoms with E-state index in [9.17, 15) is 8.42 Å². The van der Waals surface area contributed by atoms with Gasteiger partial charge < -0.3 is 10.5 Å². The van der Waals surface area contributed by atoms with E-state index in [1.54, 1.807) is 6.07 Å². The molecule has 0 aromatic heterocycles. The van der Waals surface area contributed by atoms with Gasteiger partial charge >= 0.3 is 0 Å². The van der Waals surface area contributed by atoms with Crippen LogP contribution in [0.4, 0.5) is 0 Å². The van der Waals surface area contributed by atoms with Crippen LogP contribution < -0.4 is 10.5 Å². The molecular formula is C10H13NO4S. The molecular weight excluding hydrogens is 230 g/mol. The van der Waals surface area contributed by atoms with Crippen molar-refractivity contribution in [3.05, 3.63) is 23.8 Å². The molecule has 0 unspecified atom stereocenters. The van der Waals surface area contributed by atoms with Gasteiger partial charge in [-0.25, -0.2) is 0 Å². The van der Waals surface area contributed by atoms with E-state index in [1.807, 2.05) is 0 Å². The molecule has 0 bridgehead atoms. The summed E-state index contributed by atoms with van der Waals surface area (Å²) in [5.41, 5.74) is 6.29. The van der Waals surface area contributed by atoms with Crippen LogP contribution in [-0.4, -0.2) is 25.6 Å². The maximum Gasteiger partial charge on any atom is 0.294 e. The Hall–Kier alpha value is -1.11. The van der Waals surface area contributed by atoms with Crippen molar-refractivity contribution in [1.29, 1.82) is 0 Å². The van der Waals surface area contributed by atoms with Crippen molar-refractivity contribution in [2.24, 2.45) is 5.73 Å². The zero-order chi connectivity index (χ0) is 11.8. The first-order valence-electron chi connectivity index (χ1n) is 4.98. The largest absolute Gasteiger partial charge is 0.489 e. The number of benzene rings is 1. The van der Waals surface area contributed by atoms with Crippen LogP contribution in [0.1, 0.15) is 12.0 Å². The van der Waals surface area contributed by atoms with E-state index in [1.165, 1.54) is 12.1 Å². The van der Waals surface area contributed by atoms with Crippen LogP contribution in [0, 0.1) is 0 Å². The molecule has 0 fully saturated rings. The minimum atomic E-state index is -4.14. The van der Waals surface area contributed by atoms with Gasteiger partial charge in [-0.3, -0.25) is 4.55 Å². The van der Waals surface area contributed by atoms with Crippen LogP contribution in [0.5, 0.6) is 5.75 Å². The van der Waals surface area contributed by atoms with Crippen molar-refractivity contribution in [2.75, 3.05) is 6.54 Å². The minimum Gasteiger partial charge on any atom is -0.489 e. The summed E-state index contributed by atoms with van der Waals surface area (Å²) in [6, 6.07) is 4.32. The van der Waals surface area contributed by atoms with E-state index in [0.717, 1.165) is 12.0 Å². The van der Waals surface area contributed by atoms with Crippen LogP contribution in [-0.2, 0) is 16.5 Å². The summed E-state index contributed by atoms with van der Waals surface area (Å²) in [7, 11) is -4.14. The van der Waals surface area contributed by atoms with Gasteiger partial charge in [0.1, 0.15) is 11.9 Å². The van der Waals surface area contributed by atoms with E-state index in [0.29, 0.717) is 18.7 Å². The molecule has 1 heterocycles. The Morgan fingerprint density at radius 2 is 2.25 bits per heavy atom. The Morgan fingerprint density at radius 3 is 2.88 bits per heavy atom. The molecule has 0 saturated carbocycles. The molecule has 1 atom stereocenters. The highest BCUT2D eigenvalue weighted by atomic mass is 32.2. The number of aryl methyl sites for hydroxylation is 1. The number of nitrogens with two attached hydrogens (primary N) is 1. The van der Waals surface area contributed by atoms with Crippen molar-refractivity contribution in [3.63, 3.8) is 0 Å². The third kappa shape index (κ3) is 2.18. The lowest BCUT2D eigenvalue weighted by Gasteiger charge is -2.25. The third-order valence-corrected chi connectivity index (χ3v) is 3.47. The SMILES string of the molecule is NC[C@H]1CCc2cc(S(=O)(=O)O)ccc2O1. The van der Waals surface area contributed by atoms with Crippen molar-refractivity contribution < 1.29 is 17.7 Å². The predicted molar refractivity (Wildman–Crippen MR) is 58.0 cm³/mol. The molecule has 0 spiro atoms. The van der Waals surface area contributed by atoms with Crippen molar-refractivity contribution in [3.8, 4) is 5.75 Å². The molecule has 1 aromatic rings. The van der Waals surface area contributed by atoms with Crippen LogP contribution in [0.3, 0.4) is 0 Å². The van der Waals surface area contributed by atoms with E-state index in [-0.39, 0.29) is 11.0 Å². The smallest absolute Gasteiger partial charge is 0.294 e. The Kier molecular flexibility index (Phi) is 2.88. The minimum absolute atomic E-state index is 0.0101. The molecule has 1 aromatic carbocycles. The van der Waals surface area contributed by atoms with Gasteiger partial charge in [-0.1, -0.05) is 0 Å². The van der Waals surface area contributed by atoms with Crippen LogP contribution in [0.25, 0.3) is 0 Å². The lowest BCUT2D eigenvalue weighted by Crippen LogP contribution is -2.30. The van der Waals surface area contributed by atoms with Crippen LogP contribution in [0.15, 0.2) is 23.1 Å². The highest BCUT2D eigenvalue weighted by Gasteiger charge is 2.20. The lowest BCUT2D eigenvalue weighted by atomic mass is 10.0. The second-order valence-corrected chi connectivity index (χ2v) is 5.18. The summed E-state index contributed by atoms with van der Waals surface area (Å²) in [6.07, 6.45) is 1.46. The lowest BCUT2D eigenvalue weighted by molar-refractivity contribution is 0.181. The standard InChI is InChI=1S/C10H13NO4S/c11-6-8-2-1-7-5-9(16(12,13)14)3-4-10(7)15-8/h3-5,8H,1-2,6,11H2,(H,12,13,14)/t8-/m1/s1. The summed E-state index contributed by atoms with van der Waals surface area (Å²) >= 11 is 0. The summed E-state index contributed by atoms with van der Waals surface area (Å²) in [5.74, 6) is 0.647. The molecule has 1 aliphatic heterocycles. The summed E-state index contributed by atoms with van der Waals surface area (Å²) in [4.78, 5) is -0.0963. The van der Waals surface area contributed by atoms with E-state index >= 15 is 0 Å². The average Bonchev–Trinajstić information content (AvgIpc) is 2.26. The molecule has 0 saturated heterocycles. The summed E-state index contributed by atoms with van der Waals surface area (Å²) in [6.45, 7) is 0.444. The maximum atomic E-state index is 10.9. The third-order valence-electron chi connectivity index (χ3n) is 2.62. The molecule has 16 heavy (non-hydrogen) atoms. The van der Waals surface area contributed by atoms with E-state index < -0.39 is 10.1 Å². The summed E-state index contributed by atoms with van der Waals surface area (Å²) in [5, 5.41) is 0. The summed E-state index contributed by atoms with van der Waals surface area (Å²) < 4.78 is 36.3. The molecule has 3 N–H and O–H groups in total. The fraction of sp³-hybridized carbons (Fsp3) is 0.400. The topological polar surface area (TPSA) is 89.6 Å². The van der Waals surface area contributed by atoms with Gasteiger partial charge in [0.05, 0.1) is 4.90 Å². The van der Waals surface area contributed by atoms with Gasteiger partial charge in [0, 0.05) is 6.54 Å². The van der Waals surface area contributed by atoms with Crippen molar-refractivity contribution in [1.82, 2.24) is 0 Å². The number of hydrogen-bond donors (Lipinski definition) is 2. The van der Waals surface area contributed by atoms with E-state index in [4.69, 9.17) is 15.0 Å². The quantitative estimate of drug-likeness (QED) is 0.742. The molecule has 6 heteroatoms. The first kappa shape index (κ1) is 11.4. The number of rotatable bonds is 2. The number of ether oxygens (including phenoxy) is 1. The molecule has 0 radical (unpaired) electrons. The second kappa shape index (κ2) is 4.04. The zero-order valence-electron chi connectivity index (χ0n) is 8.59. The van der Waals surface area contributed by atoms with Crippen LogP contribution in [0.2, 0.25) is 0 Å². The van der Waals surface area contributed by atoms with Crippen molar-refractivity contribution in [2.45, 2.75) is 23.8 Å². The second-order valence-electron chi connectivity index (χ2n) is 3.76. The van der Waals surface area contributed by atoms with Gasteiger partial charge in [0.2, 0.25) is 0 Å².